The zero-order chi connectivity index (χ0) is 15.3. The van der Waals surface area contributed by atoms with E-state index in [0.717, 1.165) is 5.56 Å². The number of aliphatic carboxylic acids is 2. The normalized spacial score (nSPS) is 12.1. The summed E-state index contributed by atoms with van der Waals surface area (Å²) < 4.78 is 0. The molecule has 0 aliphatic carbocycles. The standard InChI is InChI=1S/C9H7NO2.C4H6O4/c1-5-3-2-4-6-7(5)9(12)10-8(6)11;5-3(6)1-2-4(7)8/h2-4H,1H3,(H,10,11,12);1-2H2,(H,5,6)(H,7,8). The van der Waals surface area contributed by atoms with Crippen LogP contribution in [0.1, 0.15) is 39.1 Å². The van der Waals surface area contributed by atoms with Crippen LogP contribution >= 0.6 is 0 Å². The number of fused-ring (bicyclic) bond motifs is 1. The van der Waals surface area contributed by atoms with Crippen LogP contribution in [0.5, 0.6) is 0 Å². The molecule has 0 saturated carbocycles. The van der Waals surface area contributed by atoms with Crippen LogP contribution in [-0.4, -0.2) is 34.0 Å². The summed E-state index contributed by atoms with van der Waals surface area (Å²) in [4.78, 5) is 41.5. The highest BCUT2D eigenvalue weighted by atomic mass is 16.4. The van der Waals surface area contributed by atoms with Gasteiger partial charge in [0.1, 0.15) is 0 Å². The van der Waals surface area contributed by atoms with Crippen LogP contribution in [0.25, 0.3) is 0 Å². The summed E-state index contributed by atoms with van der Waals surface area (Å²) in [5, 5.41) is 18.0. The topological polar surface area (TPSA) is 121 Å². The molecule has 0 atom stereocenters. The van der Waals surface area contributed by atoms with E-state index in [4.69, 9.17) is 10.2 Å². The van der Waals surface area contributed by atoms with Gasteiger partial charge in [-0.15, -0.1) is 0 Å². The number of imide groups is 1. The Morgan fingerprint density at radius 1 is 1.05 bits per heavy atom. The Hall–Kier alpha value is -2.70. The Labute approximate surface area is 114 Å². The molecule has 106 valence electrons. The van der Waals surface area contributed by atoms with E-state index in [-0.39, 0.29) is 24.7 Å². The molecule has 20 heavy (non-hydrogen) atoms. The van der Waals surface area contributed by atoms with Gasteiger partial charge in [-0.05, 0) is 18.6 Å². The minimum Gasteiger partial charge on any atom is -0.481 e. The van der Waals surface area contributed by atoms with Crippen molar-refractivity contribution in [2.75, 3.05) is 0 Å². The highest BCUT2D eigenvalue weighted by Crippen LogP contribution is 2.18. The van der Waals surface area contributed by atoms with Crippen LogP contribution < -0.4 is 5.32 Å². The third-order valence-corrected chi connectivity index (χ3v) is 2.52. The van der Waals surface area contributed by atoms with Crippen molar-refractivity contribution >= 4 is 23.8 Å². The average molecular weight is 279 g/mol. The molecule has 0 bridgehead atoms. The first-order valence-corrected chi connectivity index (χ1v) is 5.71. The predicted octanol–water partition coefficient (Wildman–Crippen LogP) is 0.814. The van der Waals surface area contributed by atoms with E-state index in [1.54, 1.807) is 12.1 Å². The van der Waals surface area contributed by atoms with Crippen LogP contribution in [0.4, 0.5) is 0 Å². The molecule has 1 aromatic rings. The highest BCUT2D eigenvalue weighted by molar-refractivity contribution is 6.22. The molecule has 2 amide bonds. The number of amides is 2. The minimum absolute atomic E-state index is 0.284. The summed E-state index contributed by atoms with van der Waals surface area (Å²) >= 11 is 0. The highest BCUT2D eigenvalue weighted by Gasteiger charge is 2.27. The number of hydrogen-bond donors (Lipinski definition) is 3. The maximum absolute atomic E-state index is 11.2. The molecule has 0 saturated heterocycles. The Morgan fingerprint density at radius 2 is 1.60 bits per heavy atom. The third kappa shape index (κ3) is 3.91. The summed E-state index contributed by atoms with van der Waals surface area (Å²) in [6.07, 6.45) is -0.593. The molecule has 3 N–H and O–H groups in total. The van der Waals surface area contributed by atoms with Gasteiger partial charge in [-0.2, -0.15) is 0 Å². The lowest BCUT2D eigenvalue weighted by atomic mass is 10.0. The predicted molar refractivity (Wildman–Crippen MR) is 67.5 cm³/mol. The lowest BCUT2D eigenvalue weighted by Gasteiger charge is -1.96. The van der Waals surface area contributed by atoms with Crippen molar-refractivity contribution in [3.63, 3.8) is 0 Å². The molecule has 7 heteroatoms. The second-order valence-corrected chi connectivity index (χ2v) is 4.07. The zero-order valence-electron chi connectivity index (χ0n) is 10.7. The van der Waals surface area contributed by atoms with Gasteiger partial charge in [0.2, 0.25) is 0 Å². The van der Waals surface area contributed by atoms with Gasteiger partial charge in [-0.25, -0.2) is 0 Å². The number of carboxylic acids is 2. The van der Waals surface area contributed by atoms with Crippen molar-refractivity contribution in [3.8, 4) is 0 Å². The van der Waals surface area contributed by atoms with Gasteiger partial charge in [-0.1, -0.05) is 12.1 Å². The fraction of sp³-hybridized carbons (Fsp3) is 0.231. The first-order valence-electron chi connectivity index (χ1n) is 5.71. The summed E-state index contributed by atoms with van der Waals surface area (Å²) in [6, 6.07) is 5.24. The Morgan fingerprint density at radius 3 is 2.05 bits per heavy atom. The largest absolute Gasteiger partial charge is 0.481 e. The minimum atomic E-state index is -1.08. The first kappa shape index (κ1) is 15.4. The summed E-state index contributed by atoms with van der Waals surface area (Å²) in [7, 11) is 0. The van der Waals surface area contributed by atoms with Gasteiger partial charge in [0.25, 0.3) is 11.8 Å². The molecule has 0 radical (unpaired) electrons. The fourth-order valence-corrected chi connectivity index (χ4v) is 1.61. The van der Waals surface area contributed by atoms with Gasteiger partial charge < -0.3 is 10.2 Å². The number of carbonyl (C=O) groups is 4. The fourth-order valence-electron chi connectivity index (χ4n) is 1.61. The molecule has 0 unspecified atom stereocenters. The van der Waals surface area contributed by atoms with E-state index in [2.05, 4.69) is 5.32 Å². The van der Waals surface area contributed by atoms with Gasteiger partial charge in [0.15, 0.2) is 0 Å². The summed E-state index contributed by atoms with van der Waals surface area (Å²) in [5.74, 6) is -2.73. The van der Waals surface area contributed by atoms with Crippen molar-refractivity contribution in [2.45, 2.75) is 19.8 Å². The van der Waals surface area contributed by atoms with Crippen LogP contribution in [0.2, 0.25) is 0 Å². The summed E-state index contributed by atoms with van der Waals surface area (Å²) in [5.41, 5.74) is 1.85. The van der Waals surface area contributed by atoms with Gasteiger partial charge in [-0.3, -0.25) is 24.5 Å². The number of nitrogens with one attached hydrogen (secondary N) is 1. The van der Waals surface area contributed by atoms with Crippen LogP contribution in [0, 0.1) is 6.92 Å². The smallest absolute Gasteiger partial charge is 0.303 e. The van der Waals surface area contributed by atoms with Gasteiger partial charge in [0, 0.05) is 0 Å². The molecular weight excluding hydrogens is 266 g/mol. The van der Waals surface area contributed by atoms with Crippen LogP contribution in [0.15, 0.2) is 18.2 Å². The maximum atomic E-state index is 11.2. The Balaban J connectivity index is 0.000000221. The molecule has 7 nitrogen and oxygen atoms in total. The van der Waals surface area contributed by atoms with Crippen molar-refractivity contribution in [3.05, 3.63) is 34.9 Å². The molecule has 1 aliphatic rings. The van der Waals surface area contributed by atoms with E-state index in [9.17, 15) is 19.2 Å². The number of hydrogen-bond acceptors (Lipinski definition) is 4. The molecule has 0 spiro atoms. The number of benzene rings is 1. The van der Waals surface area contributed by atoms with Crippen molar-refractivity contribution < 1.29 is 29.4 Å². The van der Waals surface area contributed by atoms with Crippen molar-refractivity contribution in [1.82, 2.24) is 5.32 Å². The molecular formula is C13H13NO6. The third-order valence-electron chi connectivity index (χ3n) is 2.52. The number of rotatable bonds is 3. The van der Waals surface area contributed by atoms with E-state index >= 15 is 0 Å². The van der Waals surface area contributed by atoms with Crippen LogP contribution in [-0.2, 0) is 9.59 Å². The molecule has 1 aromatic carbocycles. The lowest BCUT2D eigenvalue weighted by Crippen LogP contribution is -2.20. The van der Waals surface area contributed by atoms with Crippen molar-refractivity contribution in [2.24, 2.45) is 0 Å². The Bertz CT molecular complexity index is 564. The maximum Gasteiger partial charge on any atom is 0.303 e. The molecule has 2 rings (SSSR count). The van der Waals surface area contributed by atoms with E-state index < -0.39 is 11.9 Å². The monoisotopic (exact) mass is 279 g/mol. The second kappa shape index (κ2) is 6.46. The Kier molecular flexibility index (Phi) is 4.96. The lowest BCUT2D eigenvalue weighted by molar-refractivity contribution is -0.143. The molecule has 0 fully saturated rings. The first-order chi connectivity index (χ1) is 9.32. The number of carboxylic acid groups (broad SMARTS) is 2. The quantitative estimate of drug-likeness (QED) is 0.704. The molecule has 0 aromatic heterocycles. The molecule has 1 aliphatic heterocycles. The van der Waals surface area contributed by atoms with Gasteiger partial charge >= 0.3 is 11.9 Å². The van der Waals surface area contributed by atoms with E-state index in [0.29, 0.717) is 11.1 Å². The van der Waals surface area contributed by atoms with Gasteiger partial charge in [0.05, 0.1) is 24.0 Å². The SMILES string of the molecule is Cc1cccc2c1C(=O)NC2=O.O=C(O)CCC(=O)O. The van der Waals surface area contributed by atoms with Crippen LogP contribution in [0.3, 0.4) is 0 Å². The van der Waals surface area contributed by atoms with Crippen molar-refractivity contribution in [1.29, 1.82) is 0 Å². The number of carbonyl (C=O) groups excluding carboxylic acids is 2. The molecule has 1 heterocycles. The number of aryl methyl sites for hydroxylation is 1. The van der Waals surface area contributed by atoms with E-state index in [1.165, 1.54) is 0 Å². The average Bonchev–Trinajstić information content (AvgIpc) is 2.64. The summed E-state index contributed by atoms with van der Waals surface area (Å²) in [6.45, 7) is 1.82. The second-order valence-electron chi connectivity index (χ2n) is 4.07. The zero-order valence-corrected chi connectivity index (χ0v) is 10.7. The van der Waals surface area contributed by atoms with E-state index in [1.807, 2.05) is 13.0 Å².